The van der Waals surface area contributed by atoms with E-state index >= 15 is 0 Å². The number of thioether (sulfide) groups is 1. The van der Waals surface area contributed by atoms with E-state index in [1.807, 2.05) is 47.0 Å². The fourth-order valence-corrected chi connectivity index (χ4v) is 3.47. The molecule has 4 rings (SSSR count). The van der Waals surface area contributed by atoms with E-state index in [4.69, 9.17) is 0 Å². The van der Waals surface area contributed by atoms with Crippen LogP contribution < -0.4 is 10.6 Å². The second-order valence-corrected chi connectivity index (χ2v) is 7.06. The summed E-state index contributed by atoms with van der Waals surface area (Å²) in [6.45, 7) is 0. The van der Waals surface area contributed by atoms with Crippen LogP contribution in [0, 0.1) is 0 Å². The van der Waals surface area contributed by atoms with Gasteiger partial charge in [0.15, 0.2) is 10.8 Å². The Morgan fingerprint density at radius 2 is 1.62 bits per heavy atom. The highest BCUT2D eigenvalue weighted by molar-refractivity contribution is 7.99. The molecule has 4 aromatic rings. The Morgan fingerprint density at radius 1 is 0.862 bits per heavy atom. The molecule has 2 aromatic carbocycles. The van der Waals surface area contributed by atoms with Gasteiger partial charge in [0.25, 0.3) is 5.91 Å². The number of rotatable bonds is 6. The third-order valence-electron chi connectivity index (χ3n) is 4.09. The van der Waals surface area contributed by atoms with Crippen LogP contribution in [0.1, 0.15) is 10.4 Å². The zero-order valence-corrected chi connectivity index (χ0v) is 16.1. The maximum absolute atomic E-state index is 12.6. The molecule has 0 saturated carbocycles. The van der Waals surface area contributed by atoms with Gasteiger partial charge in [-0.15, -0.1) is 10.2 Å². The molecule has 0 saturated heterocycles. The van der Waals surface area contributed by atoms with Crippen molar-refractivity contribution in [1.29, 1.82) is 0 Å². The summed E-state index contributed by atoms with van der Waals surface area (Å²) in [6.07, 6.45) is 1.85. The third kappa shape index (κ3) is 4.44. The van der Waals surface area contributed by atoms with E-state index in [0.717, 1.165) is 5.65 Å². The highest BCUT2D eigenvalue weighted by atomic mass is 32.2. The lowest BCUT2D eigenvalue weighted by Gasteiger charge is -2.11. The summed E-state index contributed by atoms with van der Waals surface area (Å²) in [7, 11) is 0. The summed E-state index contributed by atoms with van der Waals surface area (Å²) in [5.74, 6) is -0.379. The van der Waals surface area contributed by atoms with E-state index in [2.05, 4.69) is 20.8 Å². The van der Waals surface area contributed by atoms with Gasteiger partial charge in [0.2, 0.25) is 5.91 Å². The molecule has 0 radical (unpaired) electrons. The number of carbonyl (C=O) groups is 2. The number of pyridine rings is 1. The molecule has 7 nitrogen and oxygen atoms in total. The summed E-state index contributed by atoms with van der Waals surface area (Å²) in [6, 6.07) is 21.7. The molecular formula is C21H17N5O2S. The van der Waals surface area contributed by atoms with E-state index < -0.39 is 0 Å². The molecule has 0 atom stereocenters. The van der Waals surface area contributed by atoms with Gasteiger partial charge in [-0.1, -0.05) is 48.2 Å². The van der Waals surface area contributed by atoms with Crippen molar-refractivity contribution in [3.63, 3.8) is 0 Å². The normalized spacial score (nSPS) is 10.6. The molecule has 0 bridgehead atoms. The first-order chi connectivity index (χ1) is 14.2. The summed E-state index contributed by atoms with van der Waals surface area (Å²) in [5.41, 5.74) is 2.26. The van der Waals surface area contributed by atoms with E-state index in [0.29, 0.717) is 22.1 Å². The summed E-state index contributed by atoms with van der Waals surface area (Å²) >= 11 is 1.28. The number of benzene rings is 2. The Labute approximate surface area is 171 Å². The average molecular weight is 403 g/mol. The van der Waals surface area contributed by atoms with Crippen LogP contribution in [-0.4, -0.2) is 32.2 Å². The van der Waals surface area contributed by atoms with Crippen molar-refractivity contribution in [2.24, 2.45) is 0 Å². The van der Waals surface area contributed by atoms with Gasteiger partial charge >= 0.3 is 0 Å². The largest absolute Gasteiger partial charge is 0.325 e. The van der Waals surface area contributed by atoms with Crippen LogP contribution in [0.15, 0.2) is 84.1 Å². The third-order valence-corrected chi connectivity index (χ3v) is 5.04. The topological polar surface area (TPSA) is 88.4 Å². The zero-order valence-electron chi connectivity index (χ0n) is 15.3. The predicted octanol–water partition coefficient (Wildman–Crippen LogP) is 3.71. The van der Waals surface area contributed by atoms with Crippen LogP contribution in [0.25, 0.3) is 5.65 Å². The van der Waals surface area contributed by atoms with E-state index in [1.54, 1.807) is 36.4 Å². The number of nitrogens with one attached hydrogen (secondary N) is 2. The molecule has 2 amide bonds. The van der Waals surface area contributed by atoms with Crippen molar-refractivity contribution in [2.45, 2.75) is 5.16 Å². The summed E-state index contributed by atoms with van der Waals surface area (Å²) in [5, 5.41) is 14.4. The van der Waals surface area contributed by atoms with Gasteiger partial charge < -0.3 is 10.6 Å². The molecule has 8 heteroatoms. The predicted molar refractivity (Wildman–Crippen MR) is 113 cm³/mol. The smallest absolute Gasteiger partial charge is 0.257 e. The van der Waals surface area contributed by atoms with Crippen LogP contribution in [0.2, 0.25) is 0 Å². The van der Waals surface area contributed by atoms with Gasteiger partial charge in [0, 0.05) is 11.9 Å². The minimum Gasteiger partial charge on any atom is -0.325 e. The van der Waals surface area contributed by atoms with Gasteiger partial charge in [-0.3, -0.25) is 14.0 Å². The SMILES string of the molecule is O=C(CSc1nnc2ccccn12)Nc1ccccc1C(=O)Nc1ccccc1. The maximum Gasteiger partial charge on any atom is 0.257 e. The van der Waals surface area contributed by atoms with Crippen LogP contribution >= 0.6 is 11.8 Å². The fraction of sp³-hybridized carbons (Fsp3) is 0.0476. The molecular weight excluding hydrogens is 386 g/mol. The quantitative estimate of drug-likeness (QED) is 0.479. The maximum atomic E-state index is 12.6. The Hall–Kier alpha value is -3.65. The van der Waals surface area contributed by atoms with Crippen molar-refractivity contribution in [3.8, 4) is 0 Å². The molecule has 2 aromatic heterocycles. The minimum absolute atomic E-state index is 0.143. The number of amides is 2. The fourth-order valence-electron chi connectivity index (χ4n) is 2.74. The first-order valence-electron chi connectivity index (χ1n) is 8.88. The van der Waals surface area contributed by atoms with Crippen molar-refractivity contribution in [3.05, 3.63) is 84.6 Å². The van der Waals surface area contributed by atoms with Gasteiger partial charge in [0.1, 0.15) is 0 Å². The molecule has 0 aliphatic heterocycles. The van der Waals surface area contributed by atoms with Gasteiger partial charge in [-0.05, 0) is 36.4 Å². The molecule has 144 valence electrons. The summed E-state index contributed by atoms with van der Waals surface area (Å²) < 4.78 is 1.82. The Morgan fingerprint density at radius 3 is 2.48 bits per heavy atom. The van der Waals surface area contributed by atoms with Gasteiger partial charge in [-0.25, -0.2) is 0 Å². The number of aromatic nitrogens is 3. The number of para-hydroxylation sites is 2. The second kappa shape index (κ2) is 8.57. The Balaban J connectivity index is 1.42. The molecule has 29 heavy (non-hydrogen) atoms. The number of hydrogen-bond acceptors (Lipinski definition) is 5. The van der Waals surface area contributed by atoms with Crippen LogP contribution in [0.3, 0.4) is 0 Å². The van der Waals surface area contributed by atoms with Crippen LogP contribution in [0.4, 0.5) is 11.4 Å². The van der Waals surface area contributed by atoms with Crippen LogP contribution in [-0.2, 0) is 4.79 Å². The van der Waals surface area contributed by atoms with Crippen molar-refractivity contribution >= 4 is 40.6 Å². The standard InChI is InChI=1S/C21H17N5O2S/c27-19(14-29-21-25-24-18-12-6-7-13-26(18)21)23-17-11-5-4-10-16(17)20(28)22-15-8-2-1-3-9-15/h1-13H,14H2,(H,22,28)(H,23,27). The summed E-state index contributed by atoms with van der Waals surface area (Å²) in [4.78, 5) is 25.1. The number of hydrogen-bond donors (Lipinski definition) is 2. The second-order valence-electron chi connectivity index (χ2n) is 6.11. The van der Waals surface area contributed by atoms with Crippen molar-refractivity contribution in [1.82, 2.24) is 14.6 Å². The lowest BCUT2D eigenvalue weighted by atomic mass is 10.1. The number of anilines is 2. The van der Waals surface area contributed by atoms with Gasteiger partial charge in [0.05, 0.1) is 17.0 Å². The highest BCUT2D eigenvalue weighted by Crippen LogP contribution is 2.20. The minimum atomic E-state index is -0.289. The van der Waals surface area contributed by atoms with Gasteiger partial charge in [-0.2, -0.15) is 0 Å². The average Bonchev–Trinajstić information content (AvgIpc) is 3.16. The lowest BCUT2D eigenvalue weighted by Crippen LogP contribution is -2.19. The molecule has 0 aliphatic rings. The first kappa shape index (κ1) is 18.7. The first-order valence-corrected chi connectivity index (χ1v) is 9.87. The van der Waals surface area contributed by atoms with Crippen molar-refractivity contribution in [2.75, 3.05) is 16.4 Å². The molecule has 2 N–H and O–H groups in total. The highest BCUT2D eigenvalue weighted by Gasteiger charge is 2.14. The molecule has 2 heterocycles. The van der Waals surface area contributed by atoms with E-state index in [9.17, 15) is 9.59 Å². The molecule has 0 spiro atoms. The Bertz CT molecular complexity index is 1160. The monoisotopic (exact) mass is 403 g/mol. The van der Waals surface area contributed by atoms with E-state index in [1.165, 1.54) is 11.8 Å². The van der Waals surface area contributed by atoms with Crippen molar-refractivity contribution < 1.29 is 9.59 Å². The lowest BCUT2D eigenvalue weighted by molar-refractivity contribution is -0.113. The number of nitrogens with zero attached hydrogens (tertiary/aromatic N) is 3. The van der Waals surface area contributed by atoms with Crippen LogP contribution in [0.5, 0.6) is 0 Å². The number of fused-ring (bicyclic) bond motifs is 1. The Kier molecular flexibility index (Phi) is 5.53. The molecule has 0 aliphatic carbocycles. The molecule has 0 unspecified atom stereocenters. The van der Waals surface area contributed by atoms with E-state index in [-0.39, 0.29) is 17.6 Å². The molecule has 0 fully saturated rings. The number of carbonyl (C=O) groups excluding carboxylic acids is 2. The zero-order chi connectivity index (χ0) is 20.1.